The van der Waals surface area contributed by atoms with Crippen LogP contribution in [0, 0.1) is 10.1 Å². The Bertz CT molecular complexity index is 611. The van der Waals surface area contributed by atoms with Crippen molar-refractivity contribution in [3.8, 4) is 0 Å². The van der Waals surface area contributed by atoms with Crippen molar-refractivity contribution in [2.45, 2.75) is 13.8 Å². The van der Waals surface area contributed by atoms with Gasteiger partial charge in [-0.3, -0.25) is 10.1 Å². The molecule has 6 heteroatoms. The third-order valence-corrected chi connectivity index (χ3v) is 2.28. The lowest BCUT2D eigenvalue weighted by atomic mass is 10.2. The minimum Gasteiger partial charge on any atom is -0.464 e. The minimum atomic E-state index is -0.537. The maximum Gasteiger partial charge on any atom is 0.356 e. The Balaban J connectivity index is 0.000000861. The number of methoxy groups -OCH3 is 1. The number of rotatable bonds is 2. The number of ether oxygens (including phenoxy) is 1. The molecule has 0 N–H and O–H groups in total. The van der Waals surface area contributed by atoms with Gasteiger partial charge in [-0.1, -0.05) is 19.9 Å². The van der Waals surface area contributed by atoms with Gasteiger partial charge in [-0.15, -0.1) is 0 Å². The normalized spacial score (nSPS) is 9.42. The van der Waals surface area contributed by atoms with E-state index in [0.29, 0.717) is 10.9 Å². The van der Waals surface area contributed by atoms with Crippen molar-refractivity contribution in [1.29, 1.82) is 0 Å². The van der Waals surface area contributed by atoms with E-state index in [0.717, 1.165) is 0 Å². The molecule has 0 unspecified atom stereocenters. The summed E-state index contributed by atoms with van der Waals surface area (Å²) in [6, 6.07) is 7.32. The van der Waals surface area contributed by atoms with Crippen molar-refractivity contribution < 1.29 is 14.5 Å². The van der Waals surface area contributed by atoms with Crippen molar-refractivity contribution in [2.75, 3.05) is 7.11 Å². The number of nitro groups is 1. The molecule has 1 aromatic carbocycles. The second kappa shape index (κ2) is 6.44. The Morgan fingerprint density at radius 1 is 1.26 bits per heavy atom. The van der Waals surface area contributed by atoms with Crippen molar-refractivity contribution in [2.24, 2.45) is 0 Å². The molecule has 0 bridgehead atoms. The van der Waals surface area contributed by atoms with Crippen molar-refractivity contribution in [3.05, 3.63) is 46.1 Å². The predicted molar refractivity (Wildman–Crippen MR) is 71.1 cm³/mol. The van der Waals surface area contributed by atoms with Crippen LogP contribution in [0.2, 0.25) is 0 Å². The van der Waals surface area contributed by atoms with Gasteiger partial charge in [-0.2, -0.15) is 0 Å². The number of nitrogens with zero attached hydrogens (tertiary/aromatic N) is 2. The molecule has 0 aliphatic heterocycles. The average molecular weight is 262 g/mol. The lowest BCUT2D eigenvalue weighted by Crippen LogP contribution is -2.03. The van der Waals surface area contributed by atoms with Gasteiger partial charge in [0, 0.05) is 17.5 Å². The molecule has 0 saturated heterocycles. The highest BCUT2D eigenvalue weighted by Crippen LogP contribution is 2.19. The highest BCUT2D eigenvalue weighted by Gasteiger charge is 2.10. The van der Waals surface area contributed by atoms with Gasteiger partial charge in [-0.25, -0.2) is 9.78 Å². The van der Waals surface area contributed by atoms with E-state index >= 15 is 0 Å². The highest BCUT2D eigenvalue weighted by atomic mass is 16.6. The standard InChI is InChI=1S/C11H8N2O4.C2H6/c1-17-11(14)10-4-2-7-6-8(13(15)16)3-5-9(7)12-10;1-2/h2-6H,1H3;1-2H3. The van der Waals surface area contributed by atoms with Gasteiger partial charge in [0.25, 0.3) is 5.69 Å². The number of hydrogen-bond donors (Lipinski definition) is 0. The monoisotopic (exact) mass is 262 g/mol. The molecule has 0 spiro atoms. The lowest BCUT2D eigenvalue weighted by Gasteiger charge is -2.01. The number of non-ortho nitro benzene ring substituents is 1. The Labute approximate surface area is 110 Å². The number of nitro benzene ring substituents is 1. The Morgan fingerprint density at radius 3 is 2.53 bits per heavy atom. The number of esters is 1. The van der Waals surface area contributed by atoms with E-state index in [9.17, 15) is 14.9 Å². The molecule has 100 valence electrons. The maximum atomic E-state index is 11.2. The Morgan fingerprint density at radius 2 is 1.95 bits per heavy atom. The van der Waals surface area contributed by atoms with Gasteiger partial charge in [0.15, 0.2) is 0 Å². The maximum absolute atomic E-state index is 11.2. The van der Waals surface area contributed by atoms with Crippen LogP contribution in [0.5, 0.6) is 0 Å². The number of pyridine rings is 1. The summed E-state index contributed by atoms with van der Waals surface area (Å²) in [4.78, 5) is 25.4. The third kappa shape index (κ3) is 3.25. The number of hydrogen-bond acceptors (Lipinski definition) is 5. The summed E-state index contributed by atoms with van der Waals surface area (Å²) in [5.74, 6) is -0.537. The summed E-state index contributed by atoms with van der Waals surface area (Å²) >= 11 is 0. The van der Waals surface area contributed by atoms with E-state index in [4.69, 9.17) is 0 Å². The van der Waals surface area contributed by atoms with E-state index in [-0.39, 0.29) is 11.4 Å². The molecular weight excluding hydrogens is 248 g/mol. The first-order valence-electron chi connectivity index (χ1n) is 5.75. The van der Waals surface area contributed by atoms with E-state index in [1.165, 1.54) is 31.4 Å². The summed E-state index contributed by atoms with van der Waals surface area (Å²) in [6.45, 7) is 4.00. The second-order valence-electron chi connectivity index (χ2n) is 3.32. The van der Waals surface area contributed by atoms with Crippen LogP contribution in [0.4, 0.5) is 5.69 Å². The average Bonchev–Trinajstić information content (AvgIpc) is 2.47. The Kier molecular flexibility index (Phi) is 4.93. The zero-order valence-corrected chi connectivity index (χ0v) is 10.9. The highest BCUT2D eigenvalue weighted by molar-refractivity contribution is 5.91. The molecule has 0 saturated carbocycles. The van der Waals surface area contributed by atoms with E-state index in [2.05, 4.69) is 9.72 Å². The zero-order chi connectivity index (χ0) is 14.4. The van der Waals surface area contributed by atoms with Crippen LogP contribution in [0.15, 0.2) is 30.3 Å². The van der Waals surface area contributed by atoms with E-state index < -0.39 is 10.9 Å². The molecular formula is C13H14N2O4. The summed E-state index contributed by atoms with van der Waals surface area (Å²) < 4.78 is 4.54. The van der Waals surface area contributed by atoms with Crippen LogP contribution < -0.4 is 0 Å². The fraction of sp³-hybridized carbons (Fsp3) is 0.231. The van der Waals surface area contributed by atoms with Crippen molar-refractivity contribution in [1.82, 2.24) is 4.98 Å². The Hall–Kier alpha value is -2.50. The quantitative estimate of drug-likeness (QED) is 0.472. The molecule has 0 atom stereocenters. The largest absolute Gasteiger partial charge is 0.464 e. The summed E-state index contributed by atoms with van der Waals surface area (Å²) in [5, 5.41) is 11.2. The fourth-order valence-corrected chi connectivity index (χ4v) is 1.44. The molecule has 19 heavy (non-hydrogen) atoms. The predicted octanol–water partition coefficient (Wildman–Crippen LogP) is 2.96. The smallest absolute Gasteiger partial charge is 0.356 e. The molecule has 0 aliphatic carbocycles. The van der Waals surface area contributed by atoms with E-state index in [1.54, 1.807) is 6.07 Å². The number of benzene rings is 1. The third-order valence-electron chi connectivity index (χ3n) is 2.28. The number of carbonyl (C=O) groups is 1. The van der Waals surface area contributed by atoms with Crippen LogP contribution in [-0.2, 0) is 4.74 Å². The first kappa shape index (κ1) is 14.6. The fourth-order valence-electron chi connectivity index (χ4n) is 1.44. The first-order chi connectivity index (χ1) is 9.11. The van der Waals surface area contributed by atoms with Crippen molar-refractivity contribution in [3.63, 3.8) is 0 Å². The summed E-state index contributed by atoms with van der Waals surface area (Å²) in [5.41, 5.74) is 0.678. The number of carbonyl (C=O) groups excluding carboxylic acids is 1. The zero-order valence-electron chi connectivity index (χ0n) is 10.9. The van der Waals surface area contributed by atoms with E-state index in [1.807, 2.05) is 13.8 Å². The molecule has 0 amide bonds. The minimum absolute atomic E-state index is 0.00915. The molecule has 0 fully saturated rings. The van der Waals surface area contributed by atoms with Gasteiger partial charge in [0.1, 0.15) is 5.69 Å². The summed E-state index contributed by atoms with van der Waals surface area (Å²) in [7, 11) is 1.27. The van der Waals surface area contributed by atoms with Crippen LogP contribution in [0.1, 0.15) is 24.3 Å². The molecule has 2 aromatic rings. The van der Waals surface area contributed by atoms with Gasteiger partial charge in [0.05, 0.1) is 17.5 Å². The van der Waals surface area contributed by atoms with Crippen LogP contribution >= 0.6 is 0 Å². The SMILES string of the molecule is CC.COC(=O)c1ccc2cc([N+](=O)[O-])ccc2n1. The lowest BCUT2D eigenvalue weighted by molar-refractivity contribution is -0.384. The molecule has 0 radical (unpaired) electrons. The van der Waals surface area contributed by atoms with Crippen molar-refractivity contribution >= 4 is 22.6 Å². The van der Waals surface area contributed by atoms with Gasteiger partial charge >= 0.3 is 5.97 Å². The van der Waals surface area contributed by atoms with Crippen LogP contribution in [0.3, 0.4) is 0 Å². The number of fused-ring (bicyclic) bond motifs is 1. The molecule has 1 aromatic heterocycles. The molecule has 1 heterocycles. The topological polar surface area (TPSA) is 82.3 Å². The van der Waals surface area contributed by atoms with Crippen LogP contribution in [-0.4, -0.2) is 23.0 Å². The second-order valence-corrected chi connectivity index (χ2v) is 3.32. The summed E-state index contributed by atoms with van der Waals surface area (Å²) in [6.07, 6.45) is 0. The first-order valence-corrected chi connectivity index (χ1v) is 5.75. The van der Waals surface area contributed by atoms with Crippen LogP contribution in [0.25, 0.3) is 10.9 Å². The molecule has 6 nitrogen and oxygen atoms in total. The molecule has 0 aliphatic rings. The van der Waals surface area contributed by atoms with Gasteiger partial charge in [0.2, 0.25) is 0 Å². The molecule has 2 rings (SSSR count). The number of aromatic nitrogens is 1. The van der Waals surface area contributed by atoms with Gasteiger partial charge in [-0.05, 0) is 12.1 Å². The van der Waals surface area contributed by atoms with Gasteiger partial charge < -0.3 is 4.74 Å².